The molecule has 1 aliphatic heterocycles. The lowest BCUT2D eigenvalue weighted by Gasteiger charge is -2.41. The van der Waals surface area contributed by atoms with Crippen molar-refractivity contribution in [3.05, 3.63) is 187 Å². The van der Waals surface area contributed by atoms with Crippen LogP contribution < -0.4 is 15.7 Å². The van der Waals surface area contributed by atoms with Gasteiger partial charge in [-0.2, -0.15) is 0 Å². The molecule has 8 rings (SSSR count). The Labute approximate surface area is 268 Å². The van der Waals surface area contributed by atoms with Crippen molar-refractivity contribution in [2.24, 2.45) is 0 Å². The van der Waals surface area contributed by atoms with Gasteiger partial charge in [-0.3, -0.25) is 0 Å². The first-order chi connectivity index (χ1) is 22.3. The van der Waals surface area contributed by atoms with E-state index in [1.54, 1.807) is 0 Å². The van der Waals surface area contributed by atoms with Gasteiger partial charge in [0.15, 0.2) is 0 Å². The summed E-state index contributed by atoms with van der Waals surface area (Å²) in [6.07, 6.45) is 6.39. The number of para-hydroxylation sites is 1. The summed E-state index contributed by atoms with van der Waals surface area (Å²) >= 11 is 0. The van der Waals surface area contributed by atoms with Gasteiger partial charge in [0.2, 0.25) is 6.71 Å². The number of allylic oxidation sites excluding steroid dienone is 3. The minimum atomic E-state index is -1.84. The summed E-state index contributed by atoms with van der Waals surface area (Å²) in [6, 6.07) is 61.9. The van der Waals surface area contributed by atoms with Crippen LogP contribution in [0.25, 0.3) is 11.1 Å². The van der Waals surface area contributed by atoms with Crippen LogP contribution in [0.15, 0.2) is 195 Å². The van der Waals surface area contributed by atoms with Gasteiger partial charge in [-0.25, -0.2) is 0 Å². The lowest BCUT2D eigenvalue weighted by molar-refractivity contribution is 0.436. The standard InChI is InChI=1S/C42H31BOS/c1-4-18-33(19-5-1)45(34-20-6-2-7-21-34,35-22-8-3-9-23-35)36-24-16-17-32(31-36)37-25-10-11-26-38(37)43-39-27-12-14-29-41(39)44-42-30-15-13-28-40(42)43/h1-12,14-15,18-27,29-31H,13,28H2. The molecular weight excluding hydrogens is 563 g/mol. The van der Waals surface area contributed by atoms with Gasteiger partial charge in [-0.05, 0) is 83.9 Å². The average molecular weight is 595 g/mol. The molecule has 6 aromatic carbocycles. The molecule has 0 radical (unpaired) electrons. The third-order valence-corrected chi connectivity index (χ3v) is 12.8. The number of fused-ring (bicyclic) bond motifs is 1. The molecule has 1 nitrogen and oxygen atoms in total. The van der Waals surface area contributed by atoms with E-state index in [1.165, 1.54) is 41.5 Å². The van der Waals surface area contributed by atoms with E-state index in [-0.39, 0.29) is 6.71 Å². The minimum absolute atomic E-state index is 0.109. The third kappa shape index (κ3) is 4.70. The molecule has 214 valence electrons. The summed E-state index contributed by atoms with van der Waals surface area (Å²) in [6.45, 7) is 0.109. The van der Waals surface area contributed by atoms with E-state index in [1.807, 2.05) is 0 Å². The van der Waals surface area contributed by atoms with Gasteiger partial charge in [0, 0.05) is 31.2 Å². The molecule has 0 aromatic heterocycles. The maximum absolute atomic E-state index is 6.43. The summed E-state index contributed by atoms with van der Waals surface area (Å²) in [5.41, 5.74) is 6.08. The minimum Gasteiger partial charge on any atom is -0.459 e. The molecule has 6 aromatic rings. The average Bonchev–Trinajstić information content (AvgIpc) is 3.12. The van der Waals surface area contributed by atoms with Gasteiger partial charge in [0.1, 0.15) is 11.5 Å². The fourth-order valence-electron chi connectivity index (χ4n) is 6.93. The zero-order valence-corrected chi connectivity index (χ0v) is 25.7. The summed E-state index contributed by atoms with van der Waals surface area (Å²) in [7, 11) is -1.84. The fourth-order valence-corrected chi connectivity index (χ4v) is 10.8. The lowest BCUT2D eigenvalue weighted by atomic mass is 9.33. The molecule has 45 heavy (non-hydrogen) atoms. The van der Waals surface area contributed by atoms with Crippen molar-refractivity contribution in [3.8, 4) is 16.9 Å². The van der Waals surface area contributed by atoms with Gasteiger partial charge < -0.3 is 4.74 Å². The normalized spacial score (nSPS) is 14.2. The van der Waals surface area contributed by atoms with E-state index in [9.17, 15) is 0 Å². The van der Waals surface area contributed by atoms with Crippen LogP contribution in [0.4, 0.5) is 0 Å². The Morgan fingerprint density at radius 1 is 0.600 bits per heavy atom. The van der Waals surface area contributed by atoms with Crippen molar-refractivity contribution < 1.29 is 4.74 Å². The molecule has 3 heteroatoms. The second-order valence-corrected chi connectivity index (χ2v) is 14.5. The largest absolute Gasteiger partial charge is 0.459 e. The Morgan fingerprint density at radius 2 is 1.18 bits per heavy atom. The van der Waals surface area contributed by atoms with Crippen molar-refractivity contribution >= 4 is 27.7 Å². The van der Waals surface area contributed by atoms with E-state index >= 15 is 0 Å². The van der Waals surface area contributed by atoms with Crippen LogP contribution in [0.3, 0.4) is 0 Å². The highest BCUT2D eigenvalue weighted by atomic mass is 32.3. The first kappa shape index (κ1) is 27.4. The molecule has 1 aliphatic carbocycles. The molecule has 0 saturated carbocycles. The van der Waals surface area contributed by atoms with Crippen molar-refractivity contribution in [1.82, 2.24) is 0 Å². The van der Waals surface area contributed by atoms with Gasteiger partial charge in [0.25, 0.3) is 0 Å². The van der Waals surface area contributed by atoms with E-state index in [4.69, 9.17) is 4.74 Å². The highest BCUT2D eigenvalue weighted by molar-refractivity contribution is 8.34. The summed E-state index contributed by atoms with van der Waals surface area (Å²) in [5, 5.41) is 0. The zero-order chi connectivity index (χ0) is 30.1. The topological polar surface area (TPSA) is 9.23 Å². The maximum Gasteiger partial charge on any atom is 0.247 e. The number of rotatable bonds is 6. The predicted octanol–water partition coefficient (Wildman–Crippen LogP) is 9.44. The molecule has 0 bridgehead atoms. The van der Waals surface area contributed by atoms with Crippen LogP contribution in [0.5, 0.6) is 5.75 Å². The molecule has 0 unspecified atom stereocenters. The van der Waals surface area contributed by atoms with E-state index < -0.39 is 10.0 Å². The number of hydrogen-bond donors (Lipinski definition) is 0. The Morgan fingerprint density at radius 3 is 1.84 bits per heavy atom. The highest BCUT2D eigenvalue weighted by Gasteiger charge is 2.36. The number of ether oxygens (including phenoxy) is 1. The SMILES string of the molecule is c1cc(S(c2ccccc2)(c2ccccc2)c2ccccc2)cc(-c2ccccc2B2C3=C(C=CCC3)Oc3ccccc32)c#1. The molecule has 0 atom stereocenters. The van der Waals surface area contributed by atoms with Crippen molar-refractivity contribution in [2.45, 2.75) is 32.4 Å². The van der Waals surface area contributed by atoms with Crippen LogP contribution in [0.2, 0.25) is 0 Å². The van der Waals surface area contributed by atoms with Crippen LogP contribution in [-0.2, 0) is 0 Å². The molecule has 0 fully saturated rings. The molecule has 2 aliphatic rings. The van der Waals surface area contributed by atoms with E-state index in [2.05, 4.69) is 176 Å². The van der Waals surface area contributed by atoms with Crippen LogP contribution in [-0.4, -0.2) is 6.71 Å². The van der Waals surface area contributed by atoms with Crippen LogP contribution in [0.1, 0.15) is 12.8 Å². The first-order valence-corrected chi connectivity index (χ1v) is 17.1. The first-order valence-electron chi connectivity index (χ1n) is 15.5. The third-order valence-electron chi connectivity index (χ3n) is 8.88. The summed E-state index contributed by atoms with van der Waals surface area (Å²) < 4.78 is 6.43. The van der Waals surface area contributed by atoms with Crippen molar-refractivity contribution in [1.29, 1.82) is 0 Å². The van der Waals surface area contributed by atoms with Crippen LogP contribution in [0, 0.1) is 12.1 Å². The van der Waals surface area contributed by atoms with Crippen molar-refractivity contribution in [3.63, 3.8) is 0 Å². The summed E-state index contributed by atoms with van der Waals surface area (Å²) in [5.74, 6) is 1.93. The second-order valence-electron chi connectivity index (χ2n) is 11.4. The summed E-state index contributed by atoms with van der Waals surface area (Å²) in [4.78, 5) is 5.12. The molecule has 0 N–H and O–H groups in total. The second kappa shape index (κ2) is 11.7. The van der Waals surface area contributed by atoms with Crippen LogP contribution >= 0.6 is 10.0 Å². The monoisotopic (exact) mass is 594 g/mol. The number of benzene rings is 5. The number of hydrogen-bond acceptors (Lipinski definition) is 1. The van der Waals surface area contributed by atoms with E-state index in [0.717, 1.165) is 29.9 Å². The fraction of sp³-hybridized carbons (Fsp3) is 0.0476. The maximum atomic E-state index is 6.43. The van der Waals surface area contributed by atoms with Gasteiger partial charge in [0.05, 0.1) is 0 Å². The smallest absolute Gasteiger partial charge is 0.247 e. The molecule has 0 spiro atoms. The molecule has 0 amide bonds. The zero-order valence-electron chi connectivity index (χ0n) is 24.9. The van der Waals surface area contributed by atoms with Gasteiger partial charge in [-0.15, -0.1) is 10.0 Å². The lowest BCUT2D eigenvalue weighted by Crippen LogP contribution is -2.49. The van der Waals surface area contributed by atoms with Crippen molar-refractivity contribution in [2.75, 3.05) is 0 Å². The Balaban J connectivity index is 1.36. The Kier molecular flexibility index (Phi) is 7.14. The Bertz CT molecular complexity index is 1940. The Hall–Kier alpha value is -5.17. The van der Waals surface area contributed by atoms with E-state index in [0.29, 0.717) is 0 Å². The quantitative estimate of drug-likeness (QED) is 0.175. The molecule has 0 saturated heterocycles. The molecule has 1 heterocycles. The molecular formula is C42H31BOS. The van der Waals surface area contributed by atoms with Gasteiger partial charge >= 0.3 is 0 Å². The highest BCUT2D eigenvalue weighted by Crippen LogP contribution is 2.73. The predicted molar refractivity (Wildman–Crippen MR) is 187 cm³/mol. The van der Waals surface area contributed by atoms with Gasteiger partial charge in [-0.1, -0.05) is 121 Å².